The summed E-state index contributed by atoms with van der Waals surface area (Å²) >= 11 is 11.9. The van der Waals surface area contributed by atoms with Gasteiger partial charge in [0.25, 0.3) is 0 Å². The van der Waals surface area contributed by atoms with Crippen molar-refractivity contribution in [1.29, 1.82) is 0 Å². The van der Waals surface area contributed by atoms with Gasteiger partial charge in [0.15, 0.2) is 0 Å². The van der Waals surface area contributed by atoms with Crippen LogP contribution in [0.5, 0.6) is 11.5 Å². The Kier molecular flexibility index (Phi) is 12.5. The molecule has 0 saturated heterocycles. The molecule has 1 N–H and O–H groups in total. The van der Waals surface area contributed by atoms with Crippen molar-refractivity contribution >= 4 is 40.8 Å². The monoisotopic (exact) mass is 570 g/mol. The number of halogens is 2. The minimum absolute atomic E-state index is 0.0712. The van der Waals surface area contributed by atoms with Crippen LogP contribution in [0.25, 0.3) is 0 Å². The van der Waals surface area contributed by atoms with Crippen LogP contribution in [0.15, 0.2) is 66.7 Å². The van der Waals surface area contributed by atoms with Gasteiger partial charge >= 0.3 is 5.97 Å². The molecule has 3 aromatic carbocycles. The van der Waals surface area contributed by atoms with Gasteiger partial charge in [-0.3, -0.25) is 4.79 Å². The van der Waals surface area contributed by atoms with Crippen molar-refractivity contribution in [2.75, 3.05) is 32.1 Å². The average Bonchev–Trinajstić information content (AvgIpc) is 2.91. The Morgan fingerprint density at radius 1 is 0.795 bits per heavy atom. The van der Waals surface area contributed by atoms with Crippen molar-refractivity contribution in [3.8, 4) is 11.5 Å². The molecule has 0 unspecified atom stereocenters. The van der Waals surface area contributed by atoms with Gasteiger partial charge in [0.1, 0.15) is 11.5 Å². The maximum Gasteiger partial charge on any atom is 0.345 e. The fourth-order valence-corrected chi connectivity index (χ4v) is 4.42. The molecule has 0 bridgehead atoms. The molecular weight excluding hydrogens is 535 g/mol. The highest BCUT2D eigenvalue weighted by Gasteiger charge is 2.13. The molecule has 8 heteroatoms. The van der Waals surface area contributed by atoms with Crippen molar-refractivity contribution < 1.29 is 19.1 Å². The highest BCUT2D eigenvalue weighted by atomic mass is 35.5. The van der Waals surface area contributed by atoms with Crippen LogP contribution in [-0.4, -0.2) is 39.1 Å². The van der Waals surface area contributed by atoms with Gasteiger partial charge in [-0.1, -0.05) is 61.0 Å². The molecule has 0 aliphatic rings. The van der Waals surface area contributed by atoms with E-state index in [9.17, 15) is 9.59 Å². The second kappa shape index (κ2) is 16.0. The minimum atomic E-state index is -0.543. The normalized spacial score (nSPS) is 10.7. The molecule has 3 aromatic rings. The molecule has 0 saturated carbocycles. The van der Waals surface area contributed by atoms with Crippen LogP contribution in [0.2, 0.25) is 10.0 Å². The number of hydrogen-bond acceptors (Lipinski definition) is 5. The van der Waals surface area contributed by atoms with E-state index in [-0.39, 0.29) is 16.5 Å². The van der Waals surface area contributed by atoms with E-state index in [2.05, 4.69) is 5.32 Å². The second-order valence-corrected chi connectivity index (χ2v) is 10.4. The zero-order valence-electron chi connectivity index (χ0n) is 22.6. The van der Waals surface area contributed by atoms with E-state index in [4.69, 9.17) is 32.7 Å². The van der Waals surface area contributed by atoms with E-state index < -0.39 is 5.97 Å². The van der Waals surface area contributed by atoms with Gasteiger partial charge in [0.2, 0.25) is 5.91 Å². The number of carbonyl (C=O) groups is 2. The van der Waals surface area contributed by atoms with Gasteiger partial charge in [-0.05, 0) is 73.0 Å². The third-order valence-corrected chi connectivity index (χ3v) is 6.71. The minimum Gasteiger partial charge on any atom is -0.494 e. The van der Waals surface area contributed by atoms with E-state index in [1.165, 1.54) is 12.1 Å². The highest BCUT2D eigenvalue weighted by Crippen LogP contribution is 2.24. The largest absolute Gasteiger partial charge is 0.494 e. The van der Waals surface area contributed by atoms with Crippen molar-refractivity contribution in [2.24, 2.45) is 0 Å². The van der Waals surface area contributed by atoms with Gasteiger partial charge in [-0.15, -0.1) is 0 Å². The van der Waals surface area contributed by atoms with Crippen LogP contribution in [0.4, 0.5) is 5.69 Å². The molecule has 0 atom stereocenters. The van der Waals surface area contributed by atoms with Crippen LogP contribution >= 0.6 is 23.2 Å². The van der Waals surface area contributed by atoms with Gasteiger partial charge in [-0.2, -0.15) is 0 Å². The van der Waals surface area contributed by atoms with E-state index >= 15 is 0 Å². The SMILES string of the molecule is CN(C)c1ccc(CC(=O)NCCCCCCCCOc2ccc(OC(=O)c3ccc(Cl)cc3Cl)cc2)cc1. The van der Waals surface area contributed by atoms with Crippen LogP contribution in [-0.2, 0) is 11.2 Å². The Hall–Kier alpha value is -3.22. The number of nitrogens with one attached hydrogen (secondary N) is 1. The van der Waals surface area contributed by atoms with E-state index in [0.717, 1.165) is 62.1 Å². The Bertz CT molecular complexity index is 1200. The number of nitrogens with zero attached hydrogens (tertiary/aromatic N) is 1. The molecule has 0 radical (unpaired) electrons. The topological polar surface area (TPSA) is 67.9 Å². The molecule has 39 heavy (non-hydrogen) atoms. The summed E-state index contributed by atoms with van der Waals surface area (Å²) in [5.41, 5.74) is 2.41. The summed E-state index contributed by atoms with van der Waals surface area (Å²) in [6.07, 6.45) is 6.84. The van der Waals surface area contributed by atoms with Gasteiger partial charge < -0.3 is 19.7 Å². The standard InChI is InChI=1S/C31H36Cl2N2O4/c1-35(2)25-12-9-23(10-13-25)21-30(36)34-19-7-5-3-4-6-8-20-38-26-14-16-27(17-15-26)39-31(37)28-18-11-24(32)22-29(28)33/h9-18,22H,3-8,19-21H2,1-2H3,(H,34,36). The average molecular weight is 572 g/mol. The van der Waals surface area contributed by atoms with Crippen LogP contribution in [0.1, 0.15) is 54.4 Å². The summed E-state index contributed by atoms with van der Waals surface area (Å²) < 4.78 is 11.2. The fraction of sp³-hybridized carbons (Fsp3) is 0.355. The Morgan fingerprint density at radius 2 is 1.44 bits per heavy atom. The second-order valence-electron chi connectivity index (χ2n) is 9.54. The van der Waals surface area contributed by atoms with Crippen molar-refractivity contribution in [2.45, 2.75) is 44.9 Å². The number of rotatable bonds is 15. The number of benzene rings is 3. The van der Waals surface area contributed by atoms with Crippen molar-refractivity contribution in [3.63, 3.8) is 0 Å². The molecule has 1 amide bonds. The maximum absolute atomic E-state index is 12.3. The quantitative estimate of drug-likeness (QED) is 0.117. The smallest absolute Gasteiger partial charge is 0.345 e. The maximum atomic E-state index is 12.3. The summed E-state index contributed by atoms with van der Waals surface area (Å²) in [5, 5.41) is 3.72. The first kappa shape index (κ1) is 30.3. The molecule has 3 rings (SSSR count). The lowest BCUT2D eigenvalue weighted by Crippen LogP contribution is -2.26. The van der Waals surface area contributed by atoms with Gasteiger partial charge in [0, 0.05) is 31.4 Å². The number of anilines is 1. The zero-order chi connectivity index (χ0) is 28.0. The number of ether oxygens (including phenoxy) is 2. The van der Waals surface area contributed by atoms with E-state index in [0.29, 0.717) is 23.8 Å². The third-order valence-electron chi connectivity index (χ3n) is 6.16. The molecule has 6 nitrogen and oxygen atoms in total. The zero-order valence-corrected chi connectivity index (χ0v) is 24.1. The Balaban J connectivity index is 1.20. The van der Waals surface area contributed by atoms with Gasteiger partial charge in [-0.25, -0.2) is 4.79 Å². The molecule has 0 heterocycles. The molecule has 0 aromatic heterocycles. The Morgan fingerprint density at radius 3 is 2.10 bits per heavy atom. The lowest BCUT2D eigenvalue weighted by atomic mass is 10.1. The summed E-state index contributed by atoms with van der Waals surface area (Å²) in [7, 11) is 4.00. The lowest BCUT2D eigenvalue weighted by molar-refractivity contribution is -0.120. The van der Waals surface area contributed by atoms with Crippen molar-refractivity contribution in [3.05, 3.63) is 87.9 Å². The predicted molar refractivity (Wildman–Crippen MR) is 159 cm³/mol. The fourth-order valence-electron chi connectivity index (χ4n) is 3.93. The lowest BCUT2D eigenvalue weighted by Gasteiger charge is -2.12. The summed E-state index contributed by atoms with van der Waals surface area (Å²) in [6.45, 7) is 1.35. The molecule has 0 aliphatic carbocycles. The number of esters is 1. The first-order valence-electron chi connectivity index (χ1n) is 13.2. The van der Waals surface area contributed by atoms with Crippen molar-refractivity contribution in [1.82, 2.24) is 5.32 Å². The Labute approximate surface area is 241 Å². The molecule has 208 valence electrons. The first-order valence-corrected chi connectivity index (χ1v) is 14.0. The number of unbranched alkanes of at least 4 members (excludes halogenated alkanes) is 5. The molecule has 0 aliphatic heterocycles. The number of carbonyl (C=O) groups excluding carboxylic acids is 2. The molecular formula is C31H36Cl2N2O4. The van der Waals surface area contributed by atoms with Crippen LogP contribution < -0.4 is 19.7 Å². The van der Waals surface area contributed by atoms with E-state index in [1.807, 2.05) is 43.3 Å². The highest BCUT2D eigenvalue weighted by molar-refractivity contribution is 6.36. The molecule has 0 spiro atoms. The number of hydrogen-bond donors (Lipinski definition) is 1. The summed E-state index contributed by atoms with van der Waals surface area (Å²) in [6, 6.07) is 19.6. The van der Waals surface area contributed by atoms with Gasteiger partial charge in [0.05, 0.1) is 23.6 Å². The first-order chi connectivity index (χ1) is 18.8. The summed E-state index contributed by atoms with van der Waals surface area (Å²) in [5.74, 6) is 0.664. The molecule has 0 fully saturated rings. The van der Waals surface area contributed by atoms with Crippen LogP contribution in [0.3, 0.4) is 0 Å². The number of amides is 1. The summed E-state index contributed by atoms with van der Waals surface area (Å²) in [4.78, 5) is 26.5. The van der Waals surface area contributed by atoms with Crippen LogP contribution in [0, 0.1) is 0 Å². The predicted octanol–water partition coefficient (Wildman–Crippen LogP) is 7.36. The van der Waals surface area contributed by atoms with E-state index in [1.54, 1.807) is 30.3 Å². The third kappa shape index (κ3) is 10.8.